The predicted molar refractivity (Wildman–Crippen MR) is 63.7 cm³/mol. The van der Waals surface area contributed by atoms with E-state index in [-0.39, 0.29) is 12.7 Å². The summed E-state index contributed by atoms with van der Waals surface area (Å²) >= 11 is 0. The Morgan fingerprint density at radius 2 is 2.12 bits per heavy atom. The van der Waals surface area contributed by atoms with E-state index >= 15 is 0 Å². The zero-order chi connectivity index (χ0) is 13.1. The van der Waals surface area contributed by atoms with Gasteiger partial charge in [-0.15, -0.1) is 0 Å². The third kappa shape index (κ3) is 4.52. The summed E-state index contributed by atoms with van der Waals surface area (Å²) in [6.45, 7) is 6.32. The van der Waals surface area contributed by atoms with Gasteiger partial charge in [-0.3, -0.25) is 0 Å². The Kier molecular flexibility index (Phi) is 4.38. The molecule has 1 unspecified atom stereocenters. The van der Waals surface area contributed by atoms with Crippen LogP contribution in [-0.2, 0) is 4.74 Å². The Bertz CT molecular complexity index is 274. The molecule has 5 heteroatoms. The van der Waals surface area contributed by atoms with Crippen molar-refractivity contribution in [3.63, 3.8) is 0 Å². The predicted octanol–water partition coefficient (Wildman–Crippen LogP) is 1.13. The summed E-state index contributed by atoms with van der Waals surface area (Å²) in [6, 6.07) is 0. The second-order valence-corrected chi connectivity index (χ2v) is 5.70. The lowest BCUT2D eigenvalue weighted by Crippen LogP contribution is -2.39. The number of ether oxygens (including phenoxy) is 1. The molecule has 1 amide bonds. The molecule has 0 bridgehead atoms. The molecule has 100 valence electrons. The van der Waals surface area contributed by atoms with E-state index in [4.69, 9.17) is 9.84 Å². The first kappa shape index (κ1) is 14.3. The second kappa shape index (κ2) is 5.23. The van der Waals surface area contributed by atoms with E-state index in [1.807, 2.05) is 20.8 Å². The Morgan fingerprint density at radius 3 is 2.65 bits per heavy atom. The van der Waals surface area contributed by atoms with Crippen LogP contribution in [0.1, 0.15) is 40.0 Å². The van der Waals surface area contributed by atoms with Crippen LogP contribution in [0.15, 0.2) is 0 Å². The summed E-state index contributed by atoms with van der Waals surface area (Å²) < 4.78 is 5.25. The van der Waals surface area contributed by atoms with Gasteiger partial charge in [-0.1, -0.05) is 0 Å². The van der Waals surface area contributed by atoms with Gasteiger partial charge in [0.25, 0.3) is 0 Å². The molecule has 0 aromatic heterocycles. The first-order valence-electron chi connectivity index (χ1n) is 6.07. The number of amides is 1. The first-order chi connectivity index (χ1) is 7.76. The van der Waals surface area contributed by atoms with Gasteiger partial charge < -0.3 is 19.8 Å². The lowest BCUT2D eigenvalue weighted by molar-refractivity contribution is 0.0105. The van der Waals surface area contributed by atoms with Crippen molar-refractivity contribution in [2.24, 2.45) is 0 Å². The van der Waals surface area contributed by atoms with Gasteiger partial charge in [0, 0.05) is 13.2 Å². The maximum absolute atomic E-state index is 11.8. The molecule has 0 radical (unpaired) electrons. The molecule has 2 N–H and O–H groups in total. The standard InChI is InChI=1S/C12H23NO4/c1-11(2,3)17-10(15)13-7-6-12(16,9-13)5-4-8-14/h14,16H,4-9H2,1-3H3. The SMILES string of the molecule is CC(C)(C)OC(=O)N1CCC(O)(CCCO)C1. The van der Waals surface area contributed by atoms with Gasteiger partial charge in [0.2, 0.25) is 0 Å². The van der Waals surface area contributed by atoms with Gasteiger partial charge in [0.15, 0.2) is 0 Å². The van der Waals surface area contributed by atoms with Crippen molar-refractivity contribution < 1.29 is 19.7 Å². The van der Waals surface area contributed by atoms with E-state index in [0.717, 1.165) is 0 Å². The topological polar surface area (TPSA) is 70.0 Å². The van der Waals surface area contributed by atoms with Crippen LogP contribution in [-0.4, -0.2) is 52.1 Å². The van der Waals surface area contributed by atoms with Crippen LogP contribution < -0.4 is 0 Å². The number of aliphatic hydroxyl groups is 2. The van der Waals surface area contributed by atoms with Gasteiger partial charge in [-0.25, -0.2) is 4.79 Å². The summed E-state index contributed by atoms with van der Waals surface area (Å²) in [5.41, 5.74) is -1.37. The van der Waals surface area contributed by atoms with Crippen LogP contribution in [0.25, 0.3) is 0 Å². The Labute approximate surface area is 102 Å². The van der Waals surface area contributed by atoms with Gasteiger partial charge in [0.1, 0.15) is 5.60 Å². The Morgan fingerprint density at radius 1 is 1.47 bits per heavy atom. The van der Waals surface area contributed by atoms with Crippen molar-refractivity contribution >= 4 is 6.09 Å². The number of likely N-dealkylation sites (tertiary alicyclic amines) is 1. The van der Waals surface area contributed by atoms with E-state index in [1.54, 1.807) is 0 Å². The zero-order valence-corrected chi connectivity index (χ0v) is 10.9. The molecule has 1 heterocycles. The van der Waals surface area contributed by atoms with Crippen LogP contribution >= 0.6 is 0 Å². The highest BCUT2D eigenvalue weighted by Crippen LogP contribution is 2.27. The van der Waals surface area contributed by atoms with E-state index in [2.05, 4.69) is 0 Å². The normalized spacial score (nSPS) is 25.1. The number of hydrogen-bond acceptors (Lipinski definition) is 4. The third-order valence-electron chi connectivity index (χ3n) is 2.78. The van der Waals surface area contributed by atoms with Crippen LogP contribution in [0.4, 0.5) is 4.79 Å². The largest absolute Gasteiger partial charge is 0.444 e. The third-order valence-corrected chi connectivity index (χ3v) is 2.78. The molecule has 0 aliphatic carbocycles. The van der Waals surface area contributed by atoms with E-state index in [1.165, 1.54) is 4.90 Å². The molecule has 0 aromatic carbocycles. The highest BCUT2D eigenvalue weighted by molar-refractivity contribution is 5.68. The Hall–Kier alpha value is -0.810. The number of rotatable bonds is 3. The number of carbonyl (C=O) groups is 1. The van der Waals surface area contributed by atoms with Crippen molar-refractivity contribution in [2.75, 3.05) is 19.7 Å². The molecule has 1 saturated heterocycles. The minimum atomic E-state index is -0.861. The van der Waals surface area contributed by atoms with E-state index in [9.17, 15) is 9.90 Å². The fourth-order valence-corrected chi connectivity index (χ4v) is 1.95. The fourth-order valence-electron chi connectivity index (χ4n) is 1.95. The average molecular weight is 245 g/mol. The van der Waals surface area contributed by atoms with Crippen molar-refractivity contribution in [3.8, 4) is 0 Å². The van der Waals surface area contributed by atoms with Crippen LogP contribution in [0.2, 0.25) is 0 Å². The van der Waals surface area contributed by atoms with Crippen LogP contribution in [0.5, 0.6) is 0 Å². The number of nitrogens with zero attached hydrogens (tertiary/aromatic N) is 1. The highest BCUT2D eigenvalue weighted by Gasteiger charge is 2.39. The number of β-amino-alcohol motifs (C(OH)–C–C–N with tert-alkyl or cyclic N) is 1. The maximum atomic E-state index is 11.8. The second-order valence-electron chi connectivity index (χ2n) is 5.70. The summed E-state index contributed by atoms with van der Waals surface area (Å²) in [5.74, 6) is 0. The van der Waals surface area contributed by atoms with Crippen LogP contribution in [0, 0.1) is 0 Å². The smallest absolute Gasteiger partial charge is 0.410 e. The van der Waals surface area contributed by atoms with Gasteiger partial charge >= 0.3 is 6.09 Å². The van der Waals surface area contributed by atoms with Crippen molar-refractivity contribution in [3.05, 3.63) is 0 Å². The maximum Gasteiger partial charge on any atom is 0.410 e. The molecule has 0 aromatic rings. The fraction of sp³-hybridized carbons (Fsp3) is 0.917. The Balaban J connectivity index is 2.47. The average Bonchev–Trinajstić information content (AvgIpc) is 2.56. The minimum Gasteiger partial charge on any atom is -0.444 e. The summed E-state index contributed by atoms with van der Waals surface area (Å²) in [5, 5.41) is 18.9. The summed E-state index contributed by atoms with van der Waals surface area (Å²) in [4.78, 5) is 13.3. The molecule has 1 fully saturated rings. The van der Waals surface area contributed by atoms with Gasteiger partial charge in [0.05, 0.1) is 12.1 Å². The highest BCUT2D eigenvalue weighted by atomic mass is 16.6. The van der Waals surface area contributed by atoms with Crippen LogP contribution in [0.3, 0.4) is 0 Å². The molecule has 17 heavy (non-hydrogen) atoms. The number of aliphatic hydroxyl groups excluding tert-OH is 1. The molecule has 1 aliphatic rings. The summed E-state index contributed by atoms with van der Waals surface area (Å²) in [6.07, 6.45) is 1.24. The molecule has 1 rings (SSSR count). The lowest BCUT2D eigenvalue weighted by Gasteiger charge is -2.26. The quantitative estimate of drug-likeness (QED) is 0.782. The van der Waals surface area contributed by atoms with E-state index < -0.39 is 11.2 Å². The van der Waals surface area contributed by atoms with Crippen molar-refractivity contribution in [2.45, 2.75) is 51.2 Å². The number of carbonyl (C=O) groups excluding carboxylic acids is 1. The minimum absolute atomic E-state index is 0.0642. The lowest BCUT2D eigenvalue weighted by atomic mass is 9.97. The molecular weight excluding hydrogens is 222 g/mol. The zero-order valence-electron chi connectivity index (χ0n) is 10.9. The first-order valence-corrected chi connectivity index (χ1v) is 6.07. The molecule has 5 nitrogen and oxygen atoms in total. The van der Waals surface area contributed by atoms with Crippen molar-refractivity contribution in [1.29, 1.82) is 0 Å². The van der Waals surface area contributed by atoms with Crippen molar-refractivity contribution in [1.82, 2.24) is 4.90 Å². The summed E-state index contributed by atoms with van der Waals surface area (Å²) in [7, 11) is 0. The molecule has 1 aliphatic heterocycles. The molecule has 0 spiro atoms. The molecule has 1 atom stereocenters. The molecular formula is C12H23NO4. The van der Waals surface area contributed by atoms with E-state index in [0.29, 0.717) is 32.4 Å². The van der Waals surface area contributed by atoms with Gasteiger partial charge in [-0.05, 0) is 40.0 Å². The monoisotopic (exact) mass is 245 g/mol. The van der Waals surface area contributed by atoms with Gasteiger partial charge in [-0.2, -0.15) is 0 Å². The molecule has 0 saturated carbocycles. The number of hydrogen-bond donors (Lipinski definition) is 2.